The Kier molecular flexibility index (Phi) is 6.07. The Bertz CT molecular complexity index is 1040. The van der Waals surface area contributed by atoms with E-state index in [0.717, 1.165) is 18.9 Å². The van der Waals surface area contributed by atoms with Crippen molar-refractivity contribution in [3.8, 4) is 6.07 Å². The third-order valence-electron chi connectivity index (χ3n) is 6.61. The van der Waals surface area contributed by atoms with Gasteiger partial charge in [0, 0.05) is 49.1 Å². The maximum atomic E-state index is 14.5. The number of rotatable bonds is 3. The lowest BCUT2D eigenvalue weighted by molar-refractivity contribution is 0.0727. The number of anilines is 1. The van der Waals surface area contributed by atoms with Crippen molar-refractivity contribution >= 4 is 34.3 Å². The number of hydrogen-bond donors (Lipinski definition) is 0. The van der Waals surface area contributed by atoms with Crippen LogP contribution in [0.25, 0.3) is 10.9 Å². The Morgan fingerprint density at radius 3 is 2.52 bits per heavy atom. The van der Waals surface area contributed by atoms with Crippen LogP contribution in [-0.4, -0.2) is 53.5 Å². The number of pyridine rings is 1. The van der Waals surface area contributed by atoms with Gasteiger partial charge in [-0.3, -0.25) is 9.78 Å². The highest BCUT2D eigenvalue weighted by Gasteiger charge is 2.34. The number of carbonyl (C=O) groups is 1. The number of hydrogen-bond acceptors (Lipinski definition) is 5. The number of nitriles is 1. The molecule has 0 saturated carbocycles. The van der Waals surface area contributed by atoms with Gasteiger partial charge in [0.05, 0.1) is 22.7 Å². The van der Waals surface area contributed by atoms with Gasteiger partial charge in [-0.15, -0.1) is 0 Å². The highest BCUT2D eigenvalue weighted by atomic mass is 32.2. The SMILES string of the molecule is CSC1CCN(C(=O)c2cnc3c(F)cc(F)cc3c2N2CCC(C)(C#N)CC2)CC1. The van der Waals surface area contributed by atoms with Crippen LogP contribution in [0.5, 0.6) is 0 Å². The van der Waals surface area contributed by atoms with Crippen LogP contribution in [0, 0.1) is 28.4 Å². The molecule has 0 bridgehead atoms. The fourth-order valence-electron chi connectivity index (χ4n) is 4.51. The minimum atomic E-state index is -0.741. The summed E-state index contributed by atoms with van der Waals surface area (Å²) in [5.74, 6) is -1.59. The molecule has 2 fully saturated rings. The van der Waals surface area contributed by atoms with E-state index >= 15 is 0 Å². The van der Waals surface area contributed by atoms with Crippen LogP contribution in [-0.2, 0) is 0 Å². The lowest BCUT2D eigenvalue weighted by Gasteiger charge is -2.38. The number of benzene rings is 1. The number of fused-ring (bicyclic) bond motifs is 1. The summed E-state index contributed by atoms with van der Waals surface area (Å²) in [6.07, 6.45) is 6.62. The van der Waals surface area contributed by atoms with Crippen molar-refractivity contribution in [1.29, 1.82) is 5.26 Å². The summed E-state index contributed by atoms with van der Waals surface area (Å²) >= 11 is 1.82. The maximum Gasteiger partial charge on any atom is 0.257 e. The summed E-state index contributed by atoms with van der Waals surface area (Å²) in [6, 6.07) is 4.45. The van der Waals surface area contributed by atoms with Gasteiger partial charge in [0.15, 0.2) is 5.82 Å². The van der Waals surface area contributed by atoms with Crippen LogP contribution in [0.15, 0.2) is 18.3 Å². The molecule has 1 aromatic heterocycles. The van der Waals surface area contributed by atoms with Gasteiger partial charge in [-0.25, -0.2) is 8.78 Å². The first-order valence-corrected chi connectivity index (χ1v) is 11.9. The average Bonchev–Trinajstić information content (AvgIpc) is 2.78. The van der Waals surface area contributed by atoms with Gasteiger partial charge in [0.1, 0.15) is 11.3 Å². The molecular formula is C23H26F2N4OS. The van der Waals surface area contributed by atoms with Crippen LogP contribution < -0.4 is 4.90 Å². The summed E-state index contributed by atoms with van der Waals surface area (Å²) in [6.45, 7) is 4.32. The van der Waals surface area contributed by atoms with Crippen molar-refractivity contribution in [2.24, 2.45) is 5.41 Å². The Morgan fingerprint density at radius 2 is 1.90 bits per heavy atom. The molecule has 0 aliphatic carbocycles. The van der Waals surface area contributed by atoms with Gasteiger partial charge in [-0.2, -0.15) is 17.0 Å². The number of thioether (sulfide) groups is 1. The molecule has 0 unspecified atom stereocenters. The van der Waals surface area contributed by atoms with Crippen molar-refractivity contribution in [2.45, 2.75) is 37.9 Å². The van der Waals surface area contributed by atoms with Crippen molar-refractivity contribution in [1.82, 2.24) is 9.88 Å². The third-order valence-corrected chi connectivity index (χ3v) is 7.75. The fourth-order valence-corrected chi connectivity index (χ4v) is 5.19. The molecule has 5 nitrogen and oxygen atoms in total. The molecule has 0 atom stereocenters. The number of likely N-dealkylation sites (tertiary alicyclic amines) is 1. The predicted molar refractivity (Wildman–Crippen MR) is 119 cm³/mol. The van der Waals surface area contributed by atoms with E-state index < -0.39 is 17.0 Å². The second-order valence-corrected chi connectivity index (χ2v) is 9.83. The Balaban J connectivity index is 1.76. The quantitative estimate of drug-likeness (QED) is 0.692. The van der Waals surface area contributed by atoms with Gasteiger partial charge < -0.3 is 9.80 Å². The molecule has 0 spiro atoms. The highest BCUT2D eigenvalue weighted by Crippen LogP contribution is 2.38. The highest BCUT2D eigenvalue weighted by molar-refractivity contribution is 7.99. The number of nitrogens with zero attached hydrogens (tertiary/aromatic N) is 4. The van der Waals surface area contributed by atoms with Crippen molar-refractivity contribution in [2.75, 3.05) is 37.3 Å². The van der Waals surface area contributed by atoms with Gasteiger partial charge in [-0.1, -0.05) is 0 Å². The van der Waals surface area contributed by atoms with E-state index in [2.05, 4.69) is 17.3 Å². The van der Waals surface area contributed by atoms with Gasteiger partial charge >= 0.3 is 0 Å². The number of piperidine rings is 2. The zero-order valence-electron chi connectivity index (χ0n) is 17.8. The molecule has 4 rings (SSSR count). The van der Waals surface area contributed by atoms with Crippen LogP contribution in [0.4, 0.5) is 14.5 Å². The predicted octanol–water partition coefficient (Wildman–Crippen LogP) is 4.61. The molecule has 1 aromatic carbocycles. The zero-order valence-corrected chi connectivity index (χ0v) is 18.6. The summed E-state index contributed by atoms with van der Waals surface area (Å²) in [5.41, 5.74) is 0.531. The first-order chi connectivity index (χ1) is 14.8. The Labute approximate surface area is 185 Å². The smallest absolute Gasteiger partial charge is 0.257 e. The van der Waals surface area contributed by atoms with E-state index in [-0.39, 0.29) is 11.4 Å². The van der Waals surface area contributed by atoms with E-state index in [9.17, 15) is 18.8 Å². The number of amides is 1. The Hall–Kier alpha value is -2.40. The topological polar surface area (TPSA) is 60.2 Å². The molecule has 31 heavy (non-hydrogen) atoms. The van der Waals surface area contributed by atoms with Crippen molar-refractivity contribution in [3.05, 3.63) is 35.5 Å². The number of carbonyl (C=O) groups excluding carboxylic acids is 1. The molecule has 3 heterocycles. The summed E-state index contributed by atoms with van der Waals surface area (Å²) in [5, 5.41) is 10.3. The van der Waals surface area contributed by atoms with E-state index in [0.29, 0.717) is 60.9 Å². The Morgan fingerprint density at radius 1 is 1.23 bits per heavy atom. The van der Waals surface area contributed by atoms with Crippen LogP contribution >= 0.6 is 11.8 Å². The summed E-state index contributed by atoms with van der Waals surface area (Å²) in [4.78, 5) is 21.5. The fraction of sp³-hybridized carbons (Fsp3) is 0.522. The molecule has 0 N–H and O–H groups in total. The van der Waals surface area contributed by atoms with Crippen molar-refractivity contribution < 1.29 is 13.6 Å². The standard InChI is InChI=1S/C23H26F2N4OS/c1-23(14-26)5-9-28(10-6-23)21-17-11-15(24)12-19(25)20(17)27-13-18(21)22(30)29-7-3-16(31-2)4-8-29/h11-13,16H,3-10H2,1-2H3. The molecule has 0 radical (unpaired) electrons. The van der Waals surface area contributed by atoms with Gasteiger partial charge in [0.25, 0.3) is 5.91 Å². The van der Waals surface area contributed by atoms with Crippen LogP contribution in [0.3, 0.4) is 0 Å². The van der Waals surface area contributed by atoms with E-state index in [1.807, 2.05) is 28.5 Å². The largest absolute Gasteiger partial charge is 0.370 e. The molecule has 1 amide bonds. The number of aromatic nitrogens is 1. The average molecular weight is 445 g/mol. The van der Waals surface area contributed by atoms with E-state index in [4.69, 9.17) is 0 Å². The van der Waals surface area contributed by atoms with Crippen LogP contribution in [0.2, 0.25) is 0 Å². The normalized spacial score (nSPS) is 19.5. The monoisotopic (exact) mass is 444 g/mol. The van der Waals surface area contributed by atoms with Crippen molar-refractivity contribution in [3.63, 3.8) is 0 Å². The molecule has 2 aromatic rings. The first-order valence-electron chi connectivity index (χ1n) is 10.6. The second kappa shape index (κ2) is 8.62. The number of halogens is 2. The molecule has 8 heteroatoms. The first kappa shape index (κ1) is 21.8. The zero-order chi connectivity index (χ0) is 22.2. The summed E-state index contributed by atoms with van der Waals surface area (Å²) < 4.78 is 28.6. The minimum absolute atomic E-state index is 0.0580. The summed E-state index contributed by atoms with van der Waals surface area (Å²) in [7, 11) is 0. The molecule has 2 aliphatic heterocycles. The second-order valence-electron chi connectivity index (χ2n) is 8.69. The third kappa shape index (κ3) is 4.20. The molecular weight excluding hydrogens is 418 g/mol. The van der Waals surface area contributed by atoms with E-state index in [1.54, 1.807) is 0 Å². The maximum absolute atomic E-state index is 14.5. The van der Waals surface area contributed by atoms with E-state index in [1.165, 1.54) is 12.3 Å². The minimum Gasteiger partial charge on any atom is -0.370 e. The molecule has 164 valence electrons. The molecule has 2 saturated heterocycles. The lowest BCUT2D eigenvalue weighted by atomic mass is 9.81. The van der Waals surface area contributed by atoms with Crippen LogP contribution in [0.1, 0.15) is 43.0 Å². The molecule has 2 aliphatic rings. The van der Waals surface area contributed by atoms with Gasteiger partial charge in [0.2, 0.25) is 0 Å². The lowest BCUT2D eigenvalue weighted by Crippen LogP contribution is -2.42. The van der Waals surface area contributed by atoms with Gasteiger partial charge in [-0.05, 0) is 44.9 Å².